The molecular weight excluding hydrogens is 322 g/mol. The van der Waals surface area contributed by atoms with Crippen LogP contribution in [0, 0.1) is 0 Å². The molecule has 0 aromatic heterocycles. The van der Waals surface area contributed by atoms with Gasteiger partial charge < -0.3 is 19.5 Å². The molecule has 128 valence electrons. The predicted octanol–water partition coefficient (Wildman–Crippen LogP) is 3.67. The van der Waals surface area contributed by atoms with Crippen molar-refractivity contribution in [1.29, 1.82) is 0 Å². The molecule has 1 aromatic rings. The SMILES string of the molecule is CC(C)(C)OC(=O)NCc1ccc2c(c1)OC(F)(F)C(F)(F)O2. The van der Waals surface area contributed by atoms with Crippen molar-refractivity contribution in [3.8, 4) is 11.5 Å². The van der Waals surface area contributed by atoms with Gasteiger partial charge in [0.2, 0.25) is 0 Å². The summed E-state index contributed by atoms with van der Waals surface area (Å²) in [5.41, 5.74) is -0.343. The van der Waals surface area contributed by atoms with Gasteiger partial charge in [0, 0.05) is 6.54 Å². The number of carbonyl (C=O) groups excluding carboxylic acids is 1. The van der Waals surface area contributed by atoms with Crippen molar-refractivity contribution < 1.29 is 36.6 Å². The van der Waals surface area contributed by atoms with E-state index in [0.29, 0.717) is 5.56 Å². The Hall–Kier alpha value is -2.19. The molecular formula is C14H15F4NO4. The maximum atomic E-state index is 13.1. The van der Waals surface area contributed by atoms with E-state index in [1.165, 1.54) is 6.07 Å². The van der Waals surface area contributed by atoms with E-state index in [9.17, 15) is 22.4 Å². The zero-order valence-electron chi connectivity index (χ0n) is 12.6. The fourth-order valence-corrected chi connectivity index (χ4v) is 1.71. The predicted molar refractivity (Wildman–Crippen MR) is 70.7 cm³/mol. The highest BCUT2D eigenvalue weighted by Gasteiger charge is 2.65. The number of rotatable bonds is 2. The van der Waals surface area contributed by atoms with Gasteiger partial charge in [-0.1, -0.05) is 6.07 Å². The molecule has 0 bridgehead atoms. The molecule has 0 unspecified atom stereocenters. The number of benzene rings is 1. The minimum Gasteiger partial charge on any atom is -0.444 e. The van der Waals surface area contributed by atoms with Gasteiger partial charge in [0.1, 0.15) is 5.60 Å². The number of hydrogen-bond acceptors (Lipinski definition) is 4. The second-order valence-corrected chi connectivity index (χ2v) is 5.87. The maximum absolute atomic E-state index is 13.1. The Morgan fingerprint density at radius 1 is 1.13 bits per heavy atom. The van der Waals surface area contributed by atoms with E-state index in [2.05, 4.69) is 14.8 Å². The first-order chi connectivity index (χ1) is 10.4. The van der Waals surface area contributed by atoms with Crippen molar-refractivity contribution in [1.82, 2.24) is 5.32 Å². The fourth-order valence-electron chi connectivity index (χ4n) is 1.71. The number of carbonyl (C=O) groups is 1. The minimum absolute atomic E-state index is 0.0620. The van der Waals surface area contributed by atoms with E-state index >= 15 is 0 Å². The second kappa shape index (κ2) is 5.47. The number of ether oxygens (including phenoxy) is 3. The normalized spacial score (nSPS) is 18.2. The fraction of sp³-hybridized carbons (Fsp3) is 0.500. The largest absolute Gasteiger partial charge is 0.507 e. The minimum atomic E-state index is -4.78. The van der Waals surface area contributed by atoms with Gasteiger partial charge in [-0.15, -0.1) is 0 Å². The van der Waals surface area contributed by atoms with Gasteiger partial charge in [0.05, 0.1) is 0 Å². The van der Waals surface area contributed by atoms with E-state index in [4.69, 9.17) is 4.74 Å². The summed E-state index contributed by atoms with van der Waals surface area (Å²) in [6.45, 7) is 4.98. The van der Waals surface area contributed by atoms with Crippen LogP contribution in [0.3, 0.4) is 0 Å². The molecule has 2 rings (SSSR count). The van der Waals surface area contributed by atoms with Crippen LogP contribution in [-0.4, -0.2) is 23.9 Å². The lowest BCUT2D eigenvalue weighted by molar-refractivity contribution is -0.391. The molecule has 1 N–H and O–H groups in total. The Bertz CT molecular complexity index is 613. The lowest BCUT2D eigenvalue weighted by atomic mass is 10.2. The molecule has 1 aliphatic rings. The summed E-state index contributed by atoms with van der Waals surface area (Å²) in [6, 6.07) is 3.47. The lowest BCUT2D eigenvalue weighted by Gasteiger charge is -2.32. The first-order valence-electron chi connectivity index (χ1n) is 6.63. The third-order valence-corrected chi connectivity index (χ3v) is 2.66. The van der Waals surface area contributed by atoms with Crippen molar-refractivity contribution in [3.63, 3.8) is 0 Å². The van der Waals surface area contributed by atoms with E-state index in [1.54, 1.807) is 20.8 Å². The summed E-state index contributed by atoms with van der Waals surface area (Å²) < 4.78 is 65.2. The Morgan fingerprint density at radius 2 is 1.70 bits per heavy atom. The molecule has 1 heterocycles. The van der Waals surface area contributed by atoms with E-state index in [1.807, 2.05) is 0 Å². The van der Waals surface area contributed by atoms with Crippen molar-refractivity contribution >= 4 is 6.09 Å². The van der Waals surface area contributed by atoms with Crippen LogP contribution < -0.4 is 14.8 Å². The number of alkyl halides is 4. The summed E-state index contributed by atoms with van der Waals surface area (Å²) in [5.74, 6) is -1.05. The van der Waals surface area contributed by atoms with Crippen LogP contribution in [0.25, 0.3) is 0 Å². The molecule has 0 saturated carbocycles. The van der Waals surface area contributed by atoms with E-state index in [-0.39, 0.29) is 6.54 Å². The molecule has 1 aliphatic heterocycles. The average molecular weight is 337 g/mol. The van der Waals surface area contributed by atoms with Crippen molar-refractivity contribution in [2.24, 2.45) is 0 Å². The summed E-state index contributed by atoms with van der Waals surface area (Å²) in [5, 5.41) is 2.41. The number of hydrogen-bond donors (Lipinski definition) is 1. The average Bonchev–Trinajstić information content (AvgIpc) is 2.35. The van der Waals surface area contributed by atoms with E-state index < -0.39 is 35.4 Å². The quantitative estimate of drug-likeness (QED) is 0.837. The Kier molecular flexibility index (Phi) is 4.08. The topological polar surface area (TPSA) is 56.8 Å². The van der Waals surface area contributed by atoms with Crippen LogP contribution in [0.5, 0.6) is 11.5 Å². The van der Waals surface area contributed by atoms with Crippen LogP contribution in [0.15, 0.2) is 18.2 Å². The first-order valence-corrected chi connectivity index (χ1v) is 6.63. The molecule has 9 heteroatoms. The molecule has 0 spiro atoms. The molecule has 0 radical (unpaired) electrons. The summed E-state index contributed by atoms with van der Waals surface area (Å²) >= 11 is 0. The molecule has 5 nitrogen and oxygen atoms in total. The lowest BCUT2D eigenvalue weighted by Crippen LogP contribution is -2.52. The van der Waals surface area contributed by atoms with Crippen molar-refractivity contribution in [3.05, 3.63) is 23.8 Å². The maximum Gasteiger partial charge on any atom is 0.507 e. The second-order valence-electron chi connectivity index (χ2n) is 5.87. The molecule has 0 atom stereocenters. The summed E-state index contributed by atoms with van der Waals surface area (Å²) in [6.07, 6.45) is -10.2. The Labute approximate surface area is 129 Å². The summed E-state index contributed by atoms with van der Waals surface area (Å²) in [4.78, 5) is 11.5. The highest BCUT2D eigenvalue weighted by Crippen LogP contribution is 2.46. The van der Waals surface area contributed by atoms with Gasteiger partial charge in [0.15, 0.2) is 11.5 Å². The number of fused-ring (bicyclic) bond motifs is 1. The number of nitrogens with one attached hydrogen (secondary N) is 1. The van der Waals surface area contributed by atoms with Crippen molar-refractivity contribution in [2.45, 2.75) is 45.1 Å². The van der Waals surface area contributed by atoms with E-state index in [0.717, 1.165) is 12.1 Å². The number of alkyl carbamates (subject to hydrolysis) is 1. The third kappa shape index (κ3) is 3.96. The molecule has 1 amide bonds. The highest BCUT2D eigenvalue weighted by atomic mass is 19.3. The van der Waals surface area contributed by atoms with Crippen LogP contribution in [0.2, 0.25) is 0 Å². The standard InChI is InChI=1S/C14H15F4NO4/c1-12(2,3)23-11(20)19-7-8-4-5-9-10(6-8)22-14(17,18)13(15,16)21-9/h4-6H,7H2,1-3H3,(H,19,20). The Morgan fingerprint density at radius 3 is 2.26 bits per heavy atom. The zero-order valence-corrected chi connectivity index (χ0v) is 12.6. The molecule has 1 aromatic carbocycles. The van der Waals surface area contributed by atoms with Crippen LogP contribution in [0.4, 0.5) is 22.4 Å². The monoisotopic (exact) mass is 337 g/mol. The van der Waals surface area contributed by atoms with Gasteiger partial charge in [-0.3, -0.25) is 0 Å². The van der Waals surface area contributed by atoms with Crippen molar-refractivity contribution in [2.75, 3.05) is 0 Å². The Balaban J connectivity index is 2.07. The first kappa shape index (κ1) is 17.2. The molecule has 0 aliphatic carbocycles. The van der Waals surface area contributed by atoms with Gasteiger partial charge in [-0.2, -0.15) is 17.6 Å². The smallest absolute Gasteiger partial charge is 0.444 e. The van der Waals surface area contributed by atoms with Crippen LogP contribution >= 0.6 is 0 Å². The third-order valence-electron chi connectivity index (χ3n) is 2.66. The number of amides is 1. The van der Waals surface area contributed by atoms with Gasteiger partial charge >= 0.3 is 18.3 Å². The summed E-state index contributed by atoms with van der Waals surface area (Å²) in [7, 11) is 0. The van der Waals surface area contributed by atoms with Crippen LogP contribution in [0.1, 0.15) is 26.3 Å². The van der Waals surface area contributed by atoms with Gasteiger partial charge in [-0.05, 0) is 38.5 Å². The zero-order chi connectivity index (χ0) is 17.5. The highest BCUT2D eigenvalue weighted by molar-refractivity contribution is 5.67. The molecule has 0 saturated heterocycles. The van der Waals surface area contributed by atoms with Gasteiger partial charge in [0.25, 0.3) is 0 Å². The molecule has 0 fully saturated rings. The van der Waals surface area contributed by atoms with Gasteiger partial charge in [-0.25, -0.2) is 4.79 Å². The van der Waals surface area contributed by atoms with Crippen LogP contribution in [-0.2, 0) is 11.3 Å². The molecule has 23 heavy (non-hydrogen) atoms. The number of halogens is 4.